The number of ether oxygens (including phenoxy) is 2. The molecule has 0 aromatic rings. The standard InChI is InChI=1S/C14H16Cl2O2/c15-10-6-12-8-17-14(4-2-1-3-5-14)18-9-13(10,12)7-11(12)16/h6-7H,1-5,8-9H2/t12-,13-/m0/s1. The highest BCUT2D eigenvalue weighted by molar-refractivity contribution is 6.36. The smallest absolute Gasteiger partial charge is 0.168 e. The molecular formula is C14H16Cl2O2. The molecule has 2 nitrogen and oxygen atoms in total. The Kier molecular flexibility index (Phi) is 2.32. The van der Waals surface area contributed by atoms with Gasteiger partial charge < -0.3 is 9.47 Å². The second-order valence-corrected chi connectivity index (χ2v) is 6.79. The zero-order valence-electron chi connectivity index (χ0n) is 10.2. The molecule has 98 valence electrons. The van der Waals surface area contributed by atoms with E-state index in [0.29, 0.717) is 13.2 Å². The Bertz CT molecular complexity index is 428. The highest BCUT2D eigenvalue weighted by Crippen LogP contribution is 2.71. The number of hydrogen-bond donors (Lipinski definition) is 0. The molecule has 2 fully saturated rings. The molecule has 0 N–H and O–H groups in total. The zero-order chi connectivity index (χ0) is 12.4. The van der Waals surface area contributed by atoms with Gasteiger partial charge in [0.15, 0.2) is 5.79 Å². The van der Waals surface area contributed by atoms with Crippen LogP contribution in [0.25, 0.3) is 0 Å². The van der Waals surface area contributed by atoms with Gasteiger partial charge in [0, 0.05) is 22.9 Å². The monoisotopic (exact) mass is 286 g/mol. The summed E-state index contributed by atoms with van der Waals surface area (Å²) in [7, 11) is 0. The first-order valence-electron chi connectivity index (χ1n) is 6.68. The summed E-state index contributed by atoms with van der Waals surface area (Å²) in [5.41, 5.74) is -0.376. The van der Waals surface area contributed by atoms with E-state index in [1.807, 2.05) is 12.2 Å². The van der Waals surface area contributed by atoms with Gasteiger partial charge in [-0.1, -0.05) is 41.8 Å². The lowest BCUT2D eigenvalue weighted by atomic mass is 9.48. The molecule has 0 aromatic carbocycles. The molecule has 2 atom stereocenters. The molecule has 0 amide bonds. The van der Waals surface area contributed by atoms with Crippen LogP contribution in [-0.4, -0.2) is 19.0 Å². The van der Waals surface area contributed by atoms with Gasteiger partial charge in [0.05, 0.1) is 24.0 Å². The summed E-state index contributed by atoms with van der Waals surface area (Å²) >= 11 is 12.6. The quantitative estimate of drug-likeness (QED) is 0.672. The summed E-state index contributed by atoms with van der Waals surface area (Å²) in [6, 6.07) is 0. The van der Waals surface area contributed by atoms with Crippen molar-refractivity contribution in [3.63, 3.8) is 0 Å². The minimum absolute atomic E-state index is 0.188. The lowest BCUT2D eigenvalue weighted by Gasteiger charge is -2.59. The number of rotatable bonds is 0. The molecular weight excluding hydrogens is 271 g/mol. The molecule has 0 aromatic heterocycles. The van der Waals surface area contributed by atoms with Crippen LogP contribution in [0.2, 0.25) is 0 Å². The minimum Gasteiger partial charge on any atom is -0.349 e. The van der Waals surface area contributed by atoms with Crippen molar-refractivity contribution in [3.8, 4) is 0 Å². The topological polar surface area (TPSA) is 18.5 Å². The number of halogens is 2. The van der Waals surface area contributed by atoms with Crippen LogP contribution in [0.15, 0.2) is 22.2 Å². The predicted octanol–water partition coefficient (Wildman–Crippen LogP) is 3.94. The molecule has 0 radical (unpaired) electrons. The van der Waals surface area contributed by atoms with Gasteiger partial charge in [0.1, 0.15) is 0 Å². The van der Waals surface area contributed by atoms with Crippen LogP contribution in [-0.2, 0) is 9.47 Å². The lowest BCUT2D eigenvalue weighted by molar-refractivity contribution is -0.244. The first-order valence-corrected chi connectivity index (χ1v) is 7.44. The average molecular weight is 287 g/mol. The fourth-order valence-corrected chi connectivity index (χ4v) is 4.67. The van der Waals surface area contributed by atoms with Crippen LogP contribution >= 0.6 is 23.2 Å². The SMILES string of the molecule is ClC1=C[C@@]23COC4(CCCCC4)OC[C@@]12C=C3Cl. The van der Waals surface area contributed by atoms with Crippen molar-refractivity contribution < 1.29 is 9.47 Å². The van der Waals surface area contributed by atoms with E-state index in [9.17, 15) is 0 Å². The van der Waals surface area contributed by atoms with Gasteiger partial charge in [0.2, 0.25) is 0 Å². The maximum atomic E-state index is 6.29. The molecule has 1 saturated heterocycles. The maximum absolute atomic E-state index is 6.29. The van der Waals surface area contributed by atoms with Gasteiger partial charge in [-0.3, -0.25) is 0 Å². The van der Waals surface area contributed by atoms with Crippen LogP contribution in [0.5, 0.6) is 0 Å². The van der Waals surface area contributed by atoms with Crippen molar-refractivity contribution in [3.05, 3.63) is 22.2 Å². The molecule has 1 saturated carbocycles. The summed E-state index contributed by atoms with van der Waals surface area (Å²) in [4.78, 5) is 0. The normalized spacial score (nSPS) is 44.8. The van der Waals surface area contributed by atoms with Crippen LogP contribution in [0.3, 0.4) is 0 Å². The van der Waals surface area contributed by atoms with Crippen molar-refractivity contribution in [2.45, 2.75) is 37.9 Å². The Labute approximate surface area is 117 Å². The molecule has 4 aliphatic rings. The number of hydrogen-bond acceptors (Lipinski definition) is 2. The summed E-state index contributed by atoms with van der Waals surface area (Å²) < 4.78 is 12.3. The maximum Gasteiger partial charge on any atom is 0.168 e. The van der Waals surface area contributed by atoms with Gasteiger partial charge in [-0.15, -0.1) is 0 Å². The van der Waals surface area contributed by atoms with Gasteiger partial charge in [-0.25, -0.2) is 0 Å². The highest BCUT2D eigenvalue weighted by Gasteiger charge is 2.68. The summed E-state index contributed by atoms with van der Waals surface area (Å²) in [6.07, 6.45) is 9.72. The summed E-state index contributed by atoms with van der Waals surface area (Å²) in [5, 5.41) is 1.73. The second kappa shape index (κ2) is 3.54. The van der Waals surface area contributed by atoms with E-state index in [-0.39, 0.29) is 16.6 Å². The van der Waals surface area contributed by atoms with E-state index < -0.39 is 0 Å². The van der Waals surface area contributed by atoms with Crippen molar-refractivity contribution in [1.82, 2.24) is 0 Å². The van der Waals surface area contributed by atoms with E-state index in [4.69, 9.17) is 32.7 Å². The van der Waals surface area contributed by atoms with E-state index >= 15 is 0 Å². The first kappa shape index (κ1) is 11.8. The Morgan fingerprint density at radius 3 is 1.78 bits per heavy atom. The first-order chi connectivity index (χ1) is 8.63. The summed E-state index contributed by atoms with van der Waals surface area (Å²) in [6.45, 7) is 1.22. The Morgan fingerprint density at radius 1 is 0.833 bits per heavy atom. The fraction of sp³-hybridized carbons (Fsp3) is 0.714. The molecule has 18 heavy (non-hydrogen) atoms. The predicted molar refractivity (Wildman–Crippen MR) is 70.5 cm³/mol. The zero-order valence-corrected chi connectivity index (χ0v) is 11.7. The van der Waals surface area contributed by atoms with Crippen LogP contribution in [0.1, 0.15) is 32.1 Å². The molecule has 4 heteroatoms. The van der Waals surface area contributed by atoms with Gasteiger partial charge >= 0.3 is 0 Å². The van der Waals surface area contributed by atoms with Gasteiger partial charge in [0.25, 0.3) is 0 Å². The van der Waals surface area contributed by atoms with Crippen LogP contribution in [0, 0.1) is 10.8 Å². The molecule has 1 aliphatic heterocycles. The minimum atomic E-state index is -0.379. The highest BCUT2D eigenvalue weighted by atomic mass is 35.5. The Balaban J connectivity index is 1.65. The van der Waals surface area contributed by atoms with Gasteiger partial charge in [-0.05, 0) is 12.8 Å². The van der Waals surface area contributed by atoms with Gasteiger partial charge in [-0.2, -0.15) is 0 Å². The Morgan fingerprint density at radius 2 is 1.33 bits per heavy atom. The van der Waals surface area contributed by atoms with E-state index in [2.05, 4.69) is 0 Å². The van der Waals surface area contributed by atoms with Crippen molar-refractivity contribution in [2.75, 3.05) is 13.2 Å². The largest absolute Gasteiger partial charge is 0.349 e. The fourth-order valence-electron chi connectivity index (χ4n) is 3.75. The van der Waals surface area contributed by atoms with E-state index in [0.717, 1.165) is 22.9 Å². The third-order valence-electron chi connectivity index (χ3n) is 5.14. The average Bonchev–Trinajstić information content (AvgIpc) is 2.44. The van der Waals surface area contributed by atoms with E-state index in [1.54, 1.807) is 0 Å². The van der Waals surface area contributed by atoms with Crippen molar-refractivity contribution >= 4 is 23.2 Å². The van der Waals surface area contributed by atoms with Crippen LogP contribution < -0.4 is 0 Å². The second-order valence-electron chi connectivity index (χ2n) is 5.98. The third kappa shape index (κ3) is 1.19. The molecule has 1 spiro atoms. The van der Waals surface area contributed by atoms with Crippen molar-refractivity contribution in [2.24, 2.45) is 10.8 Å². The molecule has 3 aliphatic carbocycles. The lowest BCUT2D eigenvalue weighted by Crippen LogP contribution is -2.58. The molecule has 0 unspecified atom stereocenters. The molecule has 4 rings (SSSR count). The Hall–Kier alpha value is -0.0200. The van der Waals surface area contributed by atoms with E-state index in [1.165, 1.54) is 19.3 Å². The third-order valence-corrected chi connectivity index (χ3v) is 6.03. The summed E-state index contributed by atoms with van der Waals surface area (Å²) in [5.74, 6) is -0.379. The molecule has 0 bridgehead atoms. The molecule has 1 heterocycles. The van der Waals surface area contributed by atoms with Crippen molar-refractivity contribution in [1.29, 1.82) is 0 Å². The van der Waals surface area contributed by atoms with Crippen LogP contribution in [0.4, 0.5) is 0 Å².